The fraction of sp³-hybridized carbons (Fsp3) is 0.733. The maximum Gasteiger partial charge on any atom is 0.227 e. The number of anilines is 2. The summed E-state index contributed by atoms with van der Waals surface area (Å²) >= 11 is 0. The summed E-state index contributed by atoms with van der Waals surface area (Å²) in [6, 6.07) is 1.94. The van der Waals surface area contributed by atoms with Gasteiger partial charge in [0.25, 0.3) is 0 Å². The van der Waals surface area contributed by atoms with Crippen LogP contribution in [0.1, 0.15) is 33.1 Å². The van der Waals surface area contributed by atoms with Gasteiger partial charge in [0.05, 0.1) is 0 Å². The Bertz CT molecular complexity index is 361. The molecule has 0 unspecified atom stereocenters. The molecule has 20 heavy (non-hydrogen) atoms. The molecule has 5 heteroatoms. The van der Waals surface area contributed by atoms with E-state index in [1.165, 1.54) is 0 Å². The van der Waals surface area contributed by atoms with Gasteiger partial charge in [0, 0.05) is 25.8 Å². The van der Waals surface area contributed by atoms with Crippen LogP contribution in [0.15, 0.2) is 12.3 Å². The molecule has 0 spiro atoms. The zero-order chi connectivity index (χ0) is 14.8. The van der Waals surface area contributed by atoms with E-state index < -0.39 is 0 Å². The highest BCUT2D eigenvalue weighted by molar-refractivity contribution is 5.41. The maximum absolute atomic E-state index is 4.62. The zero-order valence-corrected chi connectivity index (χ0v) is 13.4. The summed E-state index contributed by atoms with van der Waals surface area (Å²) in [5.74, 6) is 1.76. The van der Waals surface area contributed by atoms with Crippen molar-refractivity contribution in [3.8, 4) is 0 Å². The second-order valence-corrected chi connectivity index (χ2v) is 5.31. The van der Waals surface area contributed by atoms with Gasteiger partial charge in [-0.25, -0.2) is 4.98 Å². The molecule has 1 aromatic rings. The molecule has 5 nitrogen and oxygen atoms in total. The van der Waals surface area contributed by atoms with Crippen LogP contribution in [0.4, 0.5) is 11.8 Å². The SMILES string of the molecule is CCCN(CCC)c1nccc(NCCCN(C)C)n1. The van der Waals surface area contributed by atoms with E-state index in [-0.39, 0.29) is 0 Å². The molecule has 1 rings (SSSR count). The van der Waals surface area contributed by atoms with Crippen molar-refractivity contribution in [2.24, 2.45) is 0 Å². The summed E-state index contributed by atoms with van der Waals surface area (Å²) in [5, 5.41) is 3.38. The van der Waals surface area contributed by atoms with E-state index in [2.05, 4.69) is 53.0 Å². The number of nitrogens with zero attached hydrogens (tertiary/aromatic N) is 4. The molecule has 0 aliphatic rings. The third-order valence-corrected chi connectivity index (χ3v) is 3.00. The minimum Gasteiger partial charge on any atom is -0.370 e. The number of hydrogen-bond acceptors (Lipinski definition) is 5. The van der Waals surface area contributed by atoms with Crippen LogP contribution < -0.4 is 10.2 Å². The molecule has 0 atom stereocenters. The van der Waals surface area contributed by atoms with Crippen molar-refractivity contribution >= 4 is 11.8 Å². The van der Waals surface area contributed by atoms with Crippen LogP contribution >= 0.6 is 0 Å². The first-order valence-corrected chi connectivity index (χ1v) is 7.64. The Hall–Kier alpha value is -1.36. The molecule has 0 radical (unpaired) electrons. The molecule has 0 aliphatic heterocycles. The lowest BCUT2D eigenvalue weighted by Crippen LogP contribution is -2.27. The molecule has 0 saturated heterocycles. The Morgan fingerprint density at radius 2 is 1.80 bits per heavy atom. The van der Waals surface area contributed by atoms with Crippen LogP contribution in [-0.2, 0) is 0 Å². The van der Waals surface area contributed by atoms with Crippen LogP contribution in [-0.4, -0.2) is 55.1 Å². The molecule has 1 heterocycles. The van der Waals surface area contributed by atoms with Crippen molar-refractivity contribution < 1.29 is 0 Å². The van der Waals surface area contributed by atoms with Crippen molar-refractivity contribution in [2.45, 2.75) is 33.1 Å². The van der Waals surface area contributed by atoms with E-state index in [0.717, 1.165) is 57.2 Å². The standard InChI is InChI=1S/C15H29N5/c1-5-11-20(12-6-2)15-17-10-8-14(18-15)16-9-7-13-19(3)4/h8,10H,5-7,9,11-13H2,1-4H3,(H,16,17,18). The minimum atomic E-state index is 0.839. The number of rotatable bonds is 10. The van der Waals surface area contributed by atoms with Crippen molar-refractivity contribution in [1.29, 1.82) is 0 Å². The highest BCUT2D eigenvalue weighted by Crippen LogP contribution is 2.11. The van der Waals surface area contributed by atoms with Crippen LogP contribution in [0.5, 0.6) is 0 Å². The van der Waals surface area contributed by atoms with Gasteiger partial charge in [-0.05, 0) is 46.0 Å². The third kappa shape index (κ3) is 6.19. The molecule has 0 aliphatic carbocycles. The predicted molar refractivity (Wildman–Crippen MR) is 86.5 cm³/mol. The highest BCUT2D eigenvalue weighted by atomic mass is 15.3. The maximum atomic E-state index is 4.62. The third-order valence-electron chi connectivity index (χ3n) is 3.00. The molecule has 0 bridgehead atoms. The van der Waals surface area contributed by atoms with Crippen molar-refractivity contribution in [1.82, 2.24) is 14.9 Å². The first-order chi connectivity index (χ1) is 9.67. The molecule has 1 aromatic heterocycles. The van der Waals surface area contributed by atoms with Crippen molar-refractivity contribution in [3.63, 3.8) is 0 Å². The van der Waals surface area contributed by atoms with Crippen molar-refractivity contribution in [3.05, 3.63) is 12.3 Å². The number of nitrogens with one attached hydrogen (secondary N) is 1. The zero-order valence-electron chi connectivity index (χ0n) is 13.4. The molecule has 1 N–H and O–H groups in total. The van der Waals surface area contributed by atoms with Crippen LogP contribution in [0.3, 0.4) is 0 Å². The van der Waals surface area contributed by atoms with E-state index in [1.807, 2.05) is 12.3 Å². The van der Waals surface area contributed by atoms with Crippen LogP contribution in [0, 0.1) is 0 Å². The minimum absolute atomic E-state index is 0.839. The van der Waals surface area contributed by atoms with Gasteiger partial charge in [-0.15, -0.1) is 0 Å². The monoisotopic (exact) mass is 279 g/mol. The summed E-state index contributed by atoms with van der Waals surface area (Å²) in [4.78, 5) is 13.5. The summed E-state index contributed by atoms with van der Waals surface area (Å²) in [5.41, 5.74) is 0. The second-order valence-electron chi connectivity index (χ2n) is 5.31. The largest absolute Gasteiger partial charge is 0.370 e. The van der Waals surface area contributed by atoms with E-state index >= 15 is 0 Å². The topological polar surface area (TPSA) is 44.3 Å². The van der Waals surface area contributed by atoms with E-state index in [4.69, 9.17) is 0 Å². The van der Waals surface area contributed by atoms with Gasteiger partial charge >= 0.3 is 0 Å². The smallest absolute Gasteiger partial charge is 0.227 e. The quantitative estimate of drug-likeness (QED) is 0.667. The Morgan fingerprint density at radius 3 is 2.40 bits per heavy atom. The second kappa shape index (κ2) is 9.53. The fourth-order valence-corrected chi connectivity index (χ4v) is 2.06. The van der Waals surface area contributed by atoms with Gasteiger partial charge in [-0.3, -0.25) is 0 Å². The van der Waals surface area contributed by atoms with Crippen LogP contribution in [0.2, 0.25) is 0 Å². The molecule has 0 amide bonds. The lowest BCUT2D eigenvalue weighted by molar-refractivity contribution is 0.405. The van der Waals surface area contributed by atoms with Gasteiger partial charge in [-0.1, -0.05) is 13.8 Å². The Kier molecular flexibility index (Phi) is 7.95. The number of hydrogen-bond donors (Lipinski definition) is 1. The van der Waals surface area contributed by atoms with E-state index in [9.17, 15) is 0 Å². The highest BCUT2D eigenvalue weighted by Gasteiger charge is 2.08. The fourth-order valence-electron chi connectivity index (χ4n) is 2.06. The Labute approximate surface area is 123 Å². The van der Waals surface area contributed by atoms with Gasteiger partial charge in [-0.2, -0.15) is 4.98 Å². The first kappa shape index (κ1) is 16.7. The van der Waals surface area contributed by atoms with E-state index in [0.29, 0.717) is 0 Å². The van der Waals surface area contributed by atoms with Crippen LogP contribution in [0.25, 0.3) is 0 Å². The lowest BCUT2D eigenvalue weighted by Gasteiger charge is -2.21. The molecular weight excluding hydrogens is 250 g/mol. The van der Waals surface area contributed by atoms with Gasteiger partial charge < -0.3 is 15.1 Å². The first-order valence-electron chi connectivity index (χ1n) is 7.64. The summed E-state index contributed by atoms with van der Waals surface area (Å²) in [6.45, 7) is 8.42. The molecule has 0 saturated carbocycles. The van der Waals surface area contributed by atoms with Crippen molar-refractivity contribution in [2.75, 3.05) is 50.5 Å². The normalized spacial score (nSPS) is 10.8. The predicted octanol–water partition coefficient (Wildman–Crippen LogP) is 2.47. The molecular formula is C15H29N5. The van der Waals surface area contributed by atoms with Gasteiger partial charge in [0.15, 0.2) is 0 Å². The summed E-state index contributed by atoms with van der Waals surface area (Å²) < 4.78 is 0. The summed E-state index contributed by atoms with van der Waals surface area (Å²) in [6.07, 6.45) is 5.18. The average Bonchev–Trinajstić information content (AvgIpc) is 2.43. The van der Waals surface area contributed by atoms with Gasteiger partial charge in [0.2, 0.25) is 5.95 Å². The molecule has 0 aromatic carbocycles. The van der Waals surface area contributed by atoms with Gasteiger partial charge in [0.1, 0.15) is 5.82 Å². The lowest BCUT2D eigenvalue weighted by atomic mass is 10.3. The Morgan fingerprint density at radius 1 is 1.10 bits per heavy atom. The van der Waals surface area contributed by atoms with E-state index in [1.54, 1.807) is 0 Å². The Balaban J connectivity index is 2.55. The molecule has 0 fully saturated rings. The number of aromatic nitrogens is 2. The summed E-state index contributed by atoms with van der Waals surface area (Å²) in [7, 11) is 4.19. The molecule has 114 valence electrons. The average molecular weight is 279 g/mol.